The molecule has 7 heteroatoms. The Morgan fingerprint density at radius 3 is 2.47 bits per heavy atom. The molecule has 1 rings (SSSR count). The van der Waals surface area contributed by atoms with Crippen LogP contribution in [-0.2, 0) is 6.42 Å². The minimum atomic E-state index is -4.43. The third-order valence-corrected chi connectivity index (χ3v) is 2.00. The lowest BCUT2D eigenvalue weighted by atomic mass is 10.1. The molecule has 0 aliphatic rings. The largest absolute Gasteiger partial charge is 0.393 e. The Hall–Kier alpha value is -1.30. The van der Waals surface area contributed by atoms with Crippen LogP contribution in [0.5, 0.6) is 0 Å². The number of rotatable bonds is 2. The molecule has 0 amide bonds. The molecule has 0 N–H and O–H groups in total. The highest BCUT2D eigenvalue weighted by Crippen LogP contribution is 2.28. The highest BCUT2D eigenvalue weighted by molar-refractivity contribution is 6.31. The molecular weight excluding hydrogens is 235 g/mol. The fraction of sp³-hybridized carbons (Fsp3) is 0.250. The lowest BCUT2D eigenvalue weighted by molar-refractivity contribution is -0.384. The average Bonchev–Trinajstić information content (AvgIpc) is 2.06. The van der Waals surface area contributed by atoms with Gasteiger partial charge in [-0.25, -0.2) is 0 Å². The molecule has 0 aliphatic carbocycles. The van der Waals surface area contributed by atoms with Crippen LogP contribution in [0.2, 0.25) is 5.02 Å². The number of nitro benzene ring substituents is 1. The summed E-state index contributed by atoms with van der Waals surface area (Å²) in [5.41, 5.74) is -0.697. The first-order valence-electron chi connectivity index (χ1n) is 3.79. The Kier molecular flexibility index (Phi) is 3.18. The summed E-state index contributed by atoms with van der Waals surface area (Å²) in [6.45, 7) is 0. The van der Waals surface area contributed by atoms with Crippen molar-refractivity contribution in [2.24, 2.45) is 0 Å². The predicted molar refractivity (Wildman–Crippen MR) is 47.9 cm³/mol. The van der Waals surface area contributed by atoms with Crippen LogP contribution in [0.3, 0.4) is 0 Å². The zero-order valence-electron chi connectivity index (χ0n) is 7.21. The van der Waals surface area contributed by atoms with E-state index in [1.807, 2.05) is 0 Å². The Balaban J connectivity index is 3.06. The third kappa shape index (κ3) is 3.39. The second kappa shape index (κ2) is 4.06. The van der Waals surface area contributed by atoms with E-state index in [2.05, 4.69) is 0 Å². The normalized spacial score (nSPS) is 11.5. The SMILES string of the molecule is O=[N+]([O-])c1ccc(Cl)c(CC(F)(F)F)c1. The molecule has 3 nitrogen and oxygen atoms in total. The molecular formula is C8H5ClF3NO2. The van der Waals surface area contributed by atoms with Gasteiger partial charge in [0.1, 0.15) is 0 Å². The highest BCUT2D eigenvalue weighted by atomic mass is 35.5. The maximum Gasteiger partial charge on any atom is 0.393 e. The molecule has 1 aromatic rings. The number of halogens is 4. The smallest absolute Gasteiger partial charge is 0.258 e. The van der Waals surface area contributed by atoms with E-state index in [1.54, 1.807) is 0 Å². The monoisotopic (exact) mass is 239 g/mol. The number of benzene rings is 1. The topological polar surface area (TPSA) is 43.1 Å². The molecule has 1 aromatic carbocycles. The highest BCUT2D eigenvalue weighted by Gasteiger charge is 2.29. The van der Waals surface area contributed by atoms with Gasteiger partial charge in [0.2, 0.25) is 0 Å². The van der Waals surface area contributed by atoms with Crippen molar-refractivity contribution in [2.75, 3.05) is 0 Å². The molecule has 0 bridgehead atoms. The first-order chi connectivity index (χ1) is 6.79. The van der Waals surface area contributed by atoms with E-state index < -0.39 is 23.2 Å². The van der Waals surface area contributed by atoms with Gasteiger partial charge in [-0.05, 0) is 11.6 Å². The van der Waals surface area contributed by atoms with E-state index >= 15 is 0 Å². The zero-order chi connectivity index (χ0) is 11.6. The first kappa shape index (κ1) is 11.8. The molecule has 0 radical (unpaired) electrons. The van der Waals surface area contributed by atoms with E-state index in [9.17, 15) is 23.3 Å². The Bertz CT molecular complexity index is 392. The van der Waals surface area contributed by atoms with Gasteiger partial charge in [0.05, 0.1) is 11.3 Å². The van der Waals surface area contributed by atoms with Gasteiger partial charge < -0.3 is 0 Å². The van der Waals surface area contributed by atoms with Crippen molar-refractivity contribution >= 4 is 17.3 Å². The number of alkyl halides is 3. The molecule has 0 aliphatic heterocycles. The van der Waals surface area contributed by atoms with Crippen LogP contribution in [0.1, 0.15) is 5.56 Å². The van der Waals surface area contributed by atoms with Crippen LogP contribution < -0.4 is 0 Å². The molecule has 15 heavy (non-hydrogen) atoms. The number of hydrogen-bond acceptors (Lipinski definition) is 2. The van der Waals surface area contributed by atoms with Gasteiger partial charge in [-0.1, -0.05) is 11.6 Å². The fourth-order valence-electron chi connectivity index (χ4n) is 1.03. The standard InChI is InChI=1S/C8H5ClF3NO2/c9-7-2-1-6(13(14)15)3-5(7)4-8(10,11)12/h1-3H,4H2. The van der Waals surface area contributed by atoms with E-state index in [0.29, 0.717) is 0 Å². The van der Waals surface area contributed by atoms with Crippen LogP contribution in [0.4, 0.5) is 18.9 Å². The second-order valence-electron chi connectivity index (χ2n) is 2.82. The summed E-state index contributed by atoms with van der Waals surface area (Å²) in [6, 6.07) is 2.97. The van der Waals surface area contributed by atoms with Gasteiger partial charge in [-0.3, -0.25) is 10.1 Å². The van der Waals surface area contributed by atoms with Crippen molar-refractivity contribution in [3.8, 4) is 0 Å². The molecule has 0 saturated heterocycles. The van der Waals surface area contributed by atoms with Crippen molar-refractivity contribution in [2.45, 2.75) is 12.6 Å². The number of non-ortho nitro benzene ring substituents is 1. The first-order valence-corrected chi connectivity index (χ1v) is 4.17. The molecule has 0 heterocycles. The maximum absolute atomic E-state index is 12.0. The lowest BCUT2D eigenvalue weighted by Crippen LogP contribution is -2.12. The fourth-order valence-corrected chi connectivity index (χ4v) is 1.21. The quantitative estimate of drug-likeness (QED) is 0.587. The summed E-state index contributed by atoms with van der Waals surface area (Å²) in [5, 5.41) is 10.2. The minimum Gasteiger partial charge on any atom is -0.258 e. The molecule has 0 spiro atoms. The predicted octanol–water partition coefficient (Wildman–Crippen LogP) is 3.35. The van der Waals surface area contributed by atoms with E-state index in [4.69, 9.17) is 11.6 Å². The van der Waals surface area contributed by atoms with Crippen molar-refractivity contribution in [3.63, 3.8) is 0 Å². The summed E-state index contributed by atoms with van der Waals surface area (Å²) in [6.07, 6.45) is -5.70. The number of nitrogens with zero attached hydrogens (tertiary/aromatic N) is 1. The summed E-state index contributed by atoms with van der Waals surface area (Å²) >= 11 is 5.48. The minimum absolute atomic E-state index is 0.127. The van der Waals surface area contributed by atoms with Crippen molar-refractivity contribution in [1.29, 1.82) is 0 Å². The third-order valence-electron chi connectivity index (χ3n) is 1.63. The van der Waals surface area contributed by atoms with Gasteiger partial charge in [-0.15, -0.1) is 0 Å². The molecule has 0 fully saturated rings. The Morgan fingerprint density at radius 2 is 2.00 bits per heavy atom. The van der Waals surface area contributed by atoms with Gasteiger partial charge >= 0.3 is 6.18 Å². The van der Waals surface area contributed by atoms with Gasteiger partial charge in [0.15, 0.2) is 0 Å². The van der Waals surface area contributed by atoms with E-state index in [-0.39, 0.29) is 10.6 Å². The van der Waals surface area contributed by atoms with E-state index in [1.165, 1.54) is 0 Å². The molecule has 0 unspecified atom stereocenters. The molecule has 0 aromatic heterocycles. The molecule has 0 saturated carbocycles. The number of nitro groups is 1. The van der Waals surface area contributed by atoms with E-state index in [0.717, 1.165) is 18.2 Å². The summed E-state index contributed by atoms with van der Waals surface area (Å²) in [4.78, 5) is 9.54. The van der Waals surface area contributed by atoms with Crippen LogP contribution >= 0.6 is 11.6 Å². The Morgan fingerprint density at radius 1 is 1.40 bits per heavy atom. The lowest BCUT2D eigenvalue weighted by Gasteiger charge is -2.07. The zero-order valence-corrected chi connectivity index (χ0v) is 7.97. The van der Waals surface area contributed by atoms with Gasteiger partial charge in [0, 0.05) is 17.2 Å². The van der Waals surface area contributed by atoms with Crippen LogP contribution in [0.25, 0.3) is 0 Å². The van der Waals surface area contributed by atoms with Gasteiger partial charge in [0.25, 0.3) is 5.69 Å². The van der Waals surface area contributed by atoms with Crippen LogP contribution in [-0.4, -0.2) is 11.1 Å². The van der Waals surface area contributed by atoms with Crippen molar-refractivity contribution in [1.82, 2.24) is 0 Å². The van der Waals surface area contributed by atoms with Gasteiger partial charge in [-0.2, -0.15) is 13.2 Å². The molecule has 0 atom stereocenters. The maximum atomic E-state index is 12.0. The molecule has 82 valence electrons. The summed E-state index contributed by atoms with van der Waals surface area (Å²) in [5.74, 6) is 0. The summed E-state index contributed by atoms with van der Waals surface area (Å²) < 4.78 is 36.1. The number of hydrogen-bond donors (Lipinski definition) is 0. The van der Waals surface area contributed by atoms with Crippen molar-refractivity contribution in [3.05, 3.63) is 38.9 Å². The van der Waals surface area contributed by atoms with Crippen LogP contribution in [0, 0.1) is 10.1 Å². The van der Waals surface area contributed by atoms with Crippen molar-refractivity contribution < 1.29 is 18.1 Å². The summed E-state index contributed by atoms with van der Waals surface area (Å²) in [7, 11) is 0. The Labute approximate surface area is 87.6 Å². The van der Waals surface area contributed by atoms with Crippen LogP contribution in [0.15, 0.2) is 18.2 Å². The second-order valence-corrected chi connectivity index (χ2v) is 3.23. The average molecular weight is 240 g/mol.